The molecule has 2 aromatic rings. The molecule has 1 N–H and O–H groups in total. The molecule has 0 fully saturated rings. The van der Waals surface area contributed by atoms with Crippen molar-refractivity contribution in [3.63, 3.8) is 0 Å². The van der Waals surface area contributed by atoms with Gasteiger partial charge in [-0.3, -0.25) is 9.78 Å². The van der Waals surface area contributed by atoms with E-state index in [1.165, 1.54) is 6.08 Å². The third-order valence-electron chi connectivity index (χ3n) is 2.96. The zero-order valence-electron chi connectivity index (χ0n) is 13.7. The van der Waals surface area contributed by atoms with Crippen LogP contribution in [-0.2, 0) is 11.4 Å². The maximum atomic E-state index is 11.7. The molecule has 0 radical (unpaired) electrons. The molecular formula is C19H22N2O2. The lowest BCUT2D eigenvalue weighted by molar-refractivity contribution is -0.117. The van der Waals surface area contributed by atoms with E-state index in [0.29, 0.717) is 6.61 Å². The zero-order valence-corrected chi connectivity index (χ0v) is 13.7. The van der Waals surface area contributed by atoms with Crippen molar-refractivity contribution in [1.82, 2.24) is 10.3 Å². The topological polar surface area (TPSA) is 51.2 Å². The molecule has 1 aromatic carbocycles. The van der Waals surface area contributed by atoms with Gasteiger partial charge < -0.3 is 10.1 Å². The molecule has 1 amide bonds. The summed E-state index contributed by atoms with van der Waals surface area (Å²) in [6.07, 6.45) is 6.82. The van der Waals surface area contributed by atoms with Gasteiger partial charge in [0.25, 0.3) is 0 Å². The standard InChI is InChI=1S/C19H22N2O2/c1-19(2,3)21-18(22)9-6-15-4-7-17(8-5-15)23-14-16-10-12-20-13-11-16/h4-13H,14H2,1-3H3,(H,21,22). The number of rotatable bonds is 5. The Morgan fingerprint density at radius 3 is 2.39 bits per heavy atom. The predicted octanol–water partition coefficient (Wildman–Crippen LogP) is 3.59. The molecular weight excluding hydrogens is 288 g/mol. The molecule has 0 saturated heterocycles. The molecule has 4 heteroatoms. The number of pyridine rings is 1. The molecule has 0 bridgehead atoms. The second-order valence-corrected chi connectivity index (χ2v) is 6.29. The van der Waals surface area contributed by atoms with Crippen LogP contribution in [0, 0.1) is 0 Å². The quantitative estimate of drug-likeness (QED) is 0.859. The number of hydrogen-bond donors (Lipinski definition) is 1. The van der Waals surface area contributed by atoms with E-state index in [9.17, 15) is 4.79 Å². The Hall–Kier alpha value is -2.62. The average Bonchev–Trinajstić information content (AvgIpc) is 2.51. The van der Waals surface area contributed by atoms with E-state index in [0.717, 1.165) is 16.9 Å². The van der Waals surface area contributed by atoms with Gasteiger partial charge in [-0.2, -0.15) is 0 Å². The van der Waals surface area contributed by atoms with Gasteiger partial charge in [0.2, 0.25) is 5.91 Å². The van der Waals surface area contributed by atoms with Gasteiger partial charge in [0.1, 0.15) is 12.4 Å². The largest absolute Gasteiger partial charge is 0.489 e. The summed E-state index contributed by atoms with van der Waals surface area (Å²) in [5.41, 5.74) is 1.79. The number of hydrogen-bond acceptors (Lipinski definition) is 3. The summed E-state index contributed by atoms with van der Waals surface area (Å²) < 4.78 is 5.71. The van der Waals surface area contributed by atoms with Crippen LogP contribution in [0.15, 0.2) is 54.9 Å². The van der Waals surface area contributed by atoms with E-state index in [1.807, 2.05) is 57.2 Å². The number of ether oxygens (including phenoxy) is 1. The predicted molar refractivity (Wildman–Crippen MR) is 91.9 cm³/mol. The van der Waals surface area contributed by atoms with Crippen LogP contribution in [0.1, 0.15) is 31.9 Å². The van der Waals surface area contributed by atoms with Crippen LogP contribution in [0.25, 0.3) is 6.08 Å². The maximum Gasteiger partial charge on any atom is 0.244 e. The van der Waals surface area contributed by atoms with Crippen LogP contribution >= 0.6 is 0 Å². The Morgan fingerprint density at radius 1 is 1.13 bits per heavy atom. The van der Waals surface area contributed by atoms with Crippen molar-refractivity contribution in [2.24, 2.45) is 0 Å². The smallest absolute Gasteiger partial charge is 0.244 e. The van der Waals surface area contributed by atoms with Gasteiger partial charge in [0.05, 0.1) is 0 Å². The van der Waals surface area contributed by atoms with Crippen molar-refractivity contribution in [3.05, 3.63) is 66.0 Å². The van der Waals surface area contributed by atoms with Crippen LogP contribution in [0.5, 0.6) is 5.75 Å². The highest BCUT2D eigenvalue weighted by Crippen LogP contribution is 2.15. The Balaban J connectivity index is 1.88. The minimum atomic E-state index is -0.230. The Labute approximate surface area is 137 Å². The van der Waals surface area contributed by atoms with Crippen LogP contribution in [0.2, 0.25) is 0 Å². The molecule has 23 heavy (non-hydrogen) atoms. The molecule has 0 saturated carbocycles. The first-order valence-electron chi connectivity index (χ1n) is 7.54. The minimum Gasteiger partial charge on any atom is -0.489 e. The highest BCUT2D eigenvalue weighted by Gasteiger charge is 2.10. The van der Waals surface area contributed by atoms with Crippen molar-refractivity contribution in [1.29, 1.82) is 0 Å². The van der Waals surface area contributed by atoms with Gasteiger partial charge in [0.15, 0.2) is 0 Å². The number of amides is 1. The van der Waals surface area contributed by atoms with Gasteiger partial charge in [0, 0.05) is 24.0 Å². The lowest BCUT2D eigenvalue weighted by Gasteiger charge is -2.18. The fourth-order valence-electron chi connectivity index (χ4n) is 1.90. The number of nitrogens with one attached hydrogen (secondary N) is 1. The second kappa shape index (κ2) is 7.58. The fraction of sp³-hybridized carbons (Fsp3) is 0.263. The van der Waals surface area contributed by atoms with Crippen molar-refractivity contribution in [3.8, 4) is 5.75 Å². The van der Waals surface area contributed by atoms with Crippen LogP contribution in [0.3, 0.4) is 0 Å². The van der Waals surface area contributed by atoms with Crippen molar-refractivity contribution in [2.45, 2.75) is 32.9 Å². The SMILES string of the molecule is CC(C)(C)NC(=O)C=Cc1ccc(OCc2ccncc2)cc1. The van der Waals surface area contributed by atoms with Crippen molar-refractivity contribution in [2.75, 3.05) is 0 Å². The van der Waals surface area contributed by atoms with Gasteiger partial charge in [-0.05, 0) is 62.2 Å². The van der Waals surface area contributed by atoms with Crippen molar-refractivity contribution >= 4 is 12.0 Å². The van der Waals surface area contributed by atoms with Crippen LogP contribution in [0.4, 0.5) is 0 Å². The third kappa shape index (κ3) is 6.34. The zero-order chi connectivity index (χ0) is 16.7. The summed E-state index contributed by atoms with van der Waals surface area (Å²) in [6.45, 7) is 6.36. The fourth-order valence-corrected chi connectivity index (χ4v) is 1.90. The molecule has 120 valence electrons. The number of carbonyl (C=O) groups excluding carboxylic acids is 1. The Morgan fingerprint density at radius 2 is 1.78 bits per heavy atom. The van der Waals surface area contributed by atoms with Crippen LogP contribution in [-0.4, -0.2) is 16.4 Å². The number of carbonyl (C=O) groups is 1. The third-order valence-corrected chi connectivity index (χ3v) is 2.96. The summed E-state index contributed by atoms with van der Waals surface area (Å²) >= 11 is 0. The molecule has 0 aliphatic rings. The van der Waals surface area contributed by atoms with E-state index >= 15 is 0 Å². The second-order valence-electron chi connectivity index (χ2n) is 6.29. The van der Waals surface area contributed by atoms with E-state index in [4.69, 9.17) is 4.74 Å². The van der Waals surface area contributed by atoms with E-state index in [-0.39, 0.29) is 11.4 Å². The molecule has 0 aliphatic heterocycles. The summed E-state index contributed by atoms with van der Waals surface area (Å²) in [6, 6.07) is 11.5. The molecule has 1 aromatic heterocycles. The number of benzene rings is 1. The molecule has 2 rings (SSSR count). The minimum absolute atomic E-state index is 0.101. The lowest BCUT2D eigenvalue weighted by atomic mass is 10.1. The van der Waals surface area contributed by atoms with E-state index in [2.05, 4.69) is 10.3 Å². The van der Waals surface area contributed by atoms with Gasteiger partial charge in [-0.25, -0.2) is 0 Å². The lowest BCUT2D eigenvalue weighted by Crippen LogP contribution is -2.39. The molecule has 0 aliphatic carbocycles. The highest BCUT2D eigenvalue weighted by molar-refractivity contribution is 5.92. The average molecular weight is 310 g/mol. The molecule has 0 atom stereocenters. The maximum absolute atomic E-state index is 11.7. The molecule has 4 nitrogen and oxygen atoms in total. The Kier molecular flexibility index (Phi) is 5.52. The normalized spacial score (nSPS) is 11.4. The summed E-state index contributed by atoms with van der Waals surface area (Å²) in [5, 5.41) is 2.88. The first kappa shape index (κ1) is 16.7. The number of aromatic nitrogens is 1. The van der Waals surface area contributed by atoms with Gasteiger partial charge in [-0.1, -0.05) is 12.1 Å². The van der Waals surface area contributed by atoms with Crippen molar-refractivity contribution < 1.29 is 9.53 Å². The summed E-state index contributed by atoms with van der Waals surface area (Å²) in [4.78, 5) is 15.7. The molecule has 0 unspecified atom stereocenters. The van der Waals surface area contributed by atoms with Gasteiger partial charge >= 0.3 is 0 Å². The van der Waals surface area contributed by atoms with Gasteiger partial charge in [-0.15, -0.1) is 0 Å². The summed E-state index contributed by atoms with van der Waals surface area (Å²) in [5.74, 6) is 0.689. The Bertz CT molecular complexity index is 656. The first-order valence-corrected chi connectivity index (χ1v) is 7.54. The molecule has 0 spiro atoms. The molecule has 1 heterocycles. The monoisotopic (exact) mass is 310 g/mol. The van der Waals surface area contributed by atoms with E-state index in [1.54, 1.807) is 18.5 Å². The first-order chi connectivity index (χ1) is 10.9. The van der Waals surface area contributed by atoms with E-state index < -0.39 is 0 Å². The highest BCUT2D eigenvalue weighted by atomic mass is 16.5. The summed E-state index contributed by atoms with van der Waals surface area (Å²) in [7, 11) is 0. The number of nitrogens with zero attached hydrogens (tertiary/aromatic N) is 1. The van der Waals surface area contributed by atoms with Crippen LogP contribution < -0.4 is 10.1 Å².